The molecule has 0 radical (unpaired) electrons. The van der Waals surface area contributed by atoms with Gasteiger partial charge in [0.05, 0.1) is 22.4 Å². The highest BCUT2D eigenvalue weighted by molar-refractivity contribution is 7.16. The number of rotatable bonds is 3. The van der Waals surface area contributed by atoms with Crippen molar-refractivity contribution < 1.29 is 19.5 Å². The van der Waals surface area contributed by atoms with E-state index < -0.39 is 17.9 Å². The van der Waals surface area contributed by atoms with Crippen LogP contribution in [-0.4, -0.2) is 69.0 Å². The summed E-state index contributed by atoms with van der Waals surface area (Å²) in [5.41, 5.74) is 2.15. The molecule has 0 unspecified atom stereocenters. The van der Waals surface area contributed by atoms with E-state index in [1.807, 2.05) is 40.6 Å². The molecule has 3 amide bonds. The monoisotopic (exact) mass is 474 g/mol. The molecule has 0 saturated carbocycles. The van der Waals surface area contributed by atoms with Gasteiger partial charge >= 0.3 is 6.09 Å². The number of para-hydroxylation sites is 1. The first-order valence-corrected chi connectivity index (χ1v) is 11.5. The van der Waals surface area contributed by atoms with Crippen LogP contribution in [0, 0.1) is 0 Å². The highest BCUT2D eigenvalue weighted by Crippen LogP contribution is 2.38. The predicted octanol–water partition coefficient (Wildman–Crippen LogP) is 2.54. The zero-order valence-electron chi connectivity index (χ0n) is 17.7. The van der Waals surface area contributed by atoms with Gasteiger partial charge in [0, 0.05) is 48.7 Å². The van der Waals surface area contributed by atoms with E-state index in [1.165, 1.54) is 16.2 Å². The Morgan fingerprint density at radius 3 is 2.53 bits per heavy atom. The average molecular weight is 475 g/mol. The number of carbonyl (C=O) groups is 3. The Balaban J connectivity index is 1.54. The van der Waals surface area contributed by atoms with Gasteiger partial charge < -0.3 is 19.9 Å². The van der Waals surface area contributed by atoms with Gasteiger partial charge in [-0.05, 0) is 17.5 Å². The summed E-state index contributed by atoms with van der Waals surface area (Å²) in [6.07, 6.45) is 0.784. The lowest BCUT2D eigenvalue weighted by atomic mass is 9.97. The van der Waals surface area contributed by atoms with Crippen molar-refractivity contribution in [3.8, 4) is 0 Å². The Labute approximate surface area is 196 Å². The maximum absolute atomic E-state index is 13.1. The smallest absolute Gasteiger partial charge is 0.407 e. The van der Waals surface area contributed by atoms with E-state index in [-0.39, 0.29) is 11.1 Å². The van der Waals surface area contributed by atoms with Gasteiger partial charge in [-0.2, -0.15) is 0 Å². The summed E-state index contributed by atoms with van der Waals surface area (Å²) >= 11 is 1.52. The Bertz CT molecular complexity index is 1530. The molecule has 0 bridgehead atoms. The van der Waals surface area contributed by atoms with Gasteiger partial charge in [0.1, 0.15) is 4.83 Å². The molecule has 3 N–H and O–H groups in total. The molecule has 5 heterocycles. The van der Waals surface area contributed by atoms with Crippen LogP contribution in [0.3, 0.4) is 0 Å². The lowest BCUT2D eigenvalue weighted by molar-refractivity contribution is -0.122. The van der Waals surface area contributed by atoms with Gasteiger partial charge in [0.15, 0.2) is 0 Å². The van der Waals surface area contributed by atoms with E-state index in [2.05, 4.69) is 15.3 Å². The number of aromatic nitrogens is 3. The summed E-state index contributed by atoms with van der Waals surface area (Å²) in [6, 6.07) is 9.26. The van der Waals surface area contributed by atoms with Gasteiger partial charge in [-0.15, -0.1) is 11.3 Å². The first kappa shape index (κ1) is 20.4. The Morgan fingerprint density at radius 1 is 0.971 bits per heavy atom. The number of imide groups is 1. The van der Waals surface area contributed by atoms with Crippen molar-refractivity contribution in [1.29, 1.82) is 0 Å². The summed E-state index contributed by atoms with van der Waals surface area (Å²) in [7, 11) is 0. The Morgan fingerprint density at radius 2 is 1.74 bits per heavy atom. The lowest BCUT2D eigenvalue weighted by Crippen LogP contribution is -2.48. The van der Waals surface area contributed by atoms with E-state index in [0.717, 1.165) is 10.2 Å². The van der Waals surface area contributed by atoms with Crippen LogP contribution >= 0.6 is 11.3 Å². The molecule has 1 saturated heterocycles. The fourth-order valence-electron chi connectivity index (χ4n) is 4.49. The molecule has 2 aliphatic heterocycles. The lowest BCUT2D eigenvalue weighted by Gasteiger charge is -2.33. The SMILES string of the molecule is O=C1NC(=O)C(c2c[nH]c3sccc23)=C1c1nc(N2CCN(C(=O)O)CC2)nc2ccccc12. The molecular weight excluding hydrogens is 456 g/mol. The minimum atomic E-state index is -0.957. The second kappa shape index (κ2) is 7.66. The van der Waals surface area contributed by atoms with Crippen molar-refractivity contribution in [1.82, 2.24) is 25.2 Å². The second-order valence-corrected chi connectivity index (χ2v) is 8.96. The number of aromatic amines is 1. The highest BCUT2D eigenvalue weighted by Gasteiger charge is 2.36. The van der Waals surface area contributed by atoms with Gasteiger partial charge in [-0.3, -0.25) is 14.9 Å². The van der Waals surface area contributed by atoms with Crippen LogP contribution < -0.4 is 10.2 Å². The number of nitrogens with zero attached hydrogens (tertiary/aromatic N) is 4. The number of piperazine rings is 1. The zero-order valence-corrected chi connectivity index (χ0v) is 18.6. The largest absolute Gasteiger partial charge is 0.465 e. The molecule has 4 aromatic rings. The topological polar surface area (TPSA) is 132 Å². The fraction of sp³-hybridized carbons (Fsp3) is 0.174. The number of amides is 3. The van der Waals surface area contributed by atoms with Crippen LogP contribution in [0.15, 0.2) is 41.9 Å². The molecule has 0 spiro atoms. The quantitative estimate of drug-likeness (QED) is 0.389. The third-order valence-electron chi connectivity index (χ3n) is 6.16. The third-order valence-corrected chi connectivity index (χ3v) is 7.01. The van der Waals surface area contributed by atoms with E-state index in [0.29, 0.717) is 54.3 Å². The third kappa shape index (κ3) is 3.12. The molecule has 170 valence electrons. The number of fused-ring (bicyclic) bond motifs is 2. The molecular formula is C23H18N6O4S. The van der Waals surface area contributed by atoms with E-state index in [9.17, 15) is 19.5 Å². The van der Waals surface area contributed by atoms with Crippen LogP contribution in [0.1, 0.15) is 11.3 Å². The van der Waals surface area contributed by atoms with Crippen LogP contribution in [0.4, 0.5) is 10.7 Å². The molecule has 1 fully saturated rings. The van der Waals surface area contributed by atoms with Gasteiger partial charge in [-0.1, -0.05) is 18.2 Å². The summed E-state index contributed by atoms with van der Waals surface area (Å²) in [5, 5.41) is 15.1. The minimum Gasteiger partial charge on any atom is -0.465 e. The summed E-state index contributed by atoms with van der Waals surface area (Å²) in [5.74, 6) is -0.575. The van der Waals surface area contributed by atoms with Crippen molar-refractivity contribution in [2.45, 2.75) is 0 Å². The number of carboxylic acid groups (broad SMARTS) is 1. The van der Waals surface area contributed by atoms with Crippen LogP contribution in [-0.2, 0) is 9.59 Å². The summed E-state index contributed by atoms with van der Waals surface area (Å²) in [4.78, 5) is 54.1. The predicted molar refractivity (Wildman–Crippen MR) is 127 cm³/mol. The second-order valence-electron chi connectivity index (χ2n) is 8.05. The van der Waals surface area contributed by atoms with E-state index in [1.54, 1.807) is 6.20 Å². The maximum atomic E-state index is 13.1. The first-order valence-electron chi connectivity index (χ1n) is 10.7. The minimum absolute atomic E-state index is 0.209. The molecule has 2 aliphatic rings. The van der Waals surface area contributed by atoms with Gasteiger partial charge in [0.25, 0.3) is 11.8 Å². The average Bonchev–Trinajstić information content (AvgIpc) is 3.53. The number of anilines is 1. The molecule has 10 nitrogen and oxygen atoms in total. The number of hydrogen-bond acceptors (Lipinski definition) is 7. The maximum Gasteiger partial charge on any atom is 0.407 e. The highest BCUT2D eigenvalue weighted by atomic mass is 32.1. The summed E-state index contributed by atoms with van der Waals surface area (Å²) < 4.78 is 0. The zero-order chi connectivity index (χ0) is 23.4. The van der Waals surface area contributed by atoms with E-state index in [4.69, 9.17) is 4.98 Å². The molecule has 3 aromatic heterocycles. The van der Waals surface area contributed by atoms with Crippen molar-refractivity contribution in [2.24, 2.45) is 0 Å². The summed E-state index contributed by atoms with van der Waals surface area (Å²) in [6.45, 7) is 1.50. The number of benzene rings is 1. The van der Waals surface area contributed by atoms with E-state index >= 15 is 0 Å². The van der Waals surface area contributed by atoms with Gasteiger partial charge in [0.2, 0.25) is 5.95 Å². The van der Waals surface area contributed by atoms with Crippen LogP contribution in [0.2, 0.25) is 0 Å². The number of H-pyrrole nitrogens is 1. The standard InChI is InChI=1S/C23H18N6O4S/c30-19-16(14-11-24-21-12(14)5-10-34-21)17(20(31)27-19)18-13-3-1-2-4-15(13)25-22(26-18)28-6-8-29(9-7-28)23(32)33/h1-5,10-11,24H,6-9H2,(H,32,33)(H,27,30,31). The molecule has 11 heteroatoms. The molecule has 0 aliphatic carbocycles. The Kier molecular flexibility index (Phi) is 4.59. The molecule has 1 aromatic carbocycles. The van der Waals surface area contributed by atoms with Gasteiger partial charge in [-0.25, -0.2) is 14.8 Å². The molecule has 0 atom stereocenters. The Hall–Kier alpha value is -4.25. The number of hydrogen-bond donors (Lipinski definition) is 3. The number of nitrogens with one attached hydrogen (secondary N) is 2. The fourth-order valence-corrected chi connectivity index (χ4v) is 5.26. The number of thiophene rings is 1. The van der Waals surface area contributed by atoms with Crippen molar-refractivity contribution in [3.05, 3.63) is 53.2 Å². The number of carbonyl (C=O) groups excluding carboxylic acids is 2. The normalized spacial score (nSPS) is 16.7. The molecule has 34 heavy (non-hydrogen) atoms. The first-order chi connectivity index (χ1) is 16.5. The van der Waals surface area contributed by atoms with Crippen molar-refractivity contribution in [3.63, 3.8) is 0 Å². The van der Waals surface area contributed by atoms with Crippen LogP contribution in [0.25, 0.3) is 32.3 Å². The van der Waals surface area contributed by atoms with Crippen molar-refractivity contribution in [2.75, 3.05) is 31.1 Å². The van der Waals surface area contributed by atoms with Crippen molar-refractivity contribution >= 4 is 67.5 Å². The van der Waals surface area contributed by atoms with Crippen LogP contribution in [0.5, 0.6) is 0 Å². The molecule has 6 rings (SSSR count).